The van der Waals surface area contributed by atoms with Crippen LogP contribution >= 0.6 is 15.9 Å². The molecule has 1 N–H and O–H groups in total. The number of hydrogen-bond donors (Lipinski definition) is 1. The summed E-state index contributed by atoms with van der Waals surface area (Å²) in [5, 5.41) is 11.5. The van der Waals surface area contributed by atoms with Crippen molar-refractivity contribution in [2.75, 3.05) is 0 Å². The van der Waals surface area contributed by atoms with E-state index in [1.807, 2.05) is 18.2 Å². The highest BCUT2D eigenvalue weighted by molar-refractivity contribution is 9.10. The number of rotatable bonds is 6. The second-order valence-electron chi connectivity index (χ2n) is 5.11. The summed E-state index contributed by atoms with van der Waals surface area (Å²) >= 11 is 3.46. The quantitative estimate of drug-likeness (QED) is 0.875. The number of nitrogens with zero attached hydrogens (tertiary/aromatic N) is 1. The first-order valence-corrected chi connectivity index (χ1v) is 7.37. The first-order valence-electron chi connectivity index (χ1n) is 6.58. The van der Waals surface area contributed by atoms with Crippen molar-refractivity contribution >= 4 is 21.8 Å². The van der Waals surface area contributed by atoms with Gasteiger partial charge in [0.15, 0.2) is 0 Å². The minimum absolute atomic E-state index is 0.0559. The molecule has 4 heteroatoms. The smallest absolute Gasteiger partial charge is 0.234 e. The van der Waals surface area contributed by atoms with Crippen molar-refractivity contribution in [2.24, 2.45) is 5.92 Å². The van der Waals surface area contributed by atoms with E-state index in [9.17, 15) is 4.79 Å². The fraction of sp³-hybridized carbons (Fsp3) is 0.467. The van der Waals surface area contributed by atoms with Gasteiger partial charge in [-0.05, 0) is 36.5 Å². The Morgan fingerprint density at radius 3 is 2.95 bits per heavy atom. The highest BCUT2D eigenvalue weighted by atomic mass is 79.9. The molecule has 0 radical (unpaired) electrons. The lowest BCUT2D eigenvalue weighted by molar-refractivity contribution is -0.120. The first kappa shape index (κ1) is 14.1. The molecule has 1 amide bonds. The zero-order chi connectivity index (χ0) is 13.7. The number of nitrogens with one attached hydrogen (secondary N) is 1. The van der Waals surface area contributed by atoms with Crippen LogP contribution in [0.25, 0.3) is 0 Å². The Morgan fingerprint density at radius 1 is 1.53 bits per heavy atom. The van der Waals surface area contributed by atoms with Crippen molar-refractivity contribution in [2.45, 2.75) is 38.1 Å². The lowest BCUT2D eigenvalue weighted by Crippen LogP contribution is -2.36. The summed E-state index contributed by atoms with van der Waals surface area (Å²) in [6.45, 7) is 0. The molecule has 0 spiro atoms. The van der Waals surface area contributed by atoms with E-state index in [4.69, 9.17) is 5.26 Å². The third-order valence-corrected chi connectivity index (χ3v) is 3.78. The molecule has 1 aliphatic carbocycles. The van der Waals surface area contributed by atoms with Gasteiger partial charge in [-0.15, -0.1) is 0 Å². The molecule has 1 aromatic carbocycles. The molecule has 2 rings (SSSR count). The molecule has 0 heterocycles. The molecule has 0 saturated heterocycles. The van der Waals surface area contributed by atoms with Crippen LogP contribution in [0.15, 0.2) is 28.7 Å². The molecule has 1 fully saturated rings. The molecular formula is C15H17BrN2O. The SMILES string of the molecule is N#CCC(=O)N[C@@H](Cc1cccc(Br)c1)CC1CC1. The Labute approximate surface area is 122 Å². The number of nitriles is 1. The highest BCUT2D eigenvalue weighted by Crippen LogP contribution is 2.34. The van der Waals surface area contributed by atoms with Gasteiger partial charge < -0.3 is 5.32 Å². The van der Waals surface area contributed by atoms with Crippen LogP contribution in [-0.4, -0.2) is 11.9 Å². The molecule has 1 aliphatic rings. The van der Waals surface area contributed by atoms with E-state index < -0.39 is 0 Å². The fourth-order valence-electron chi connectivity index (χ4n) is 2.25. The minimum atomic E-state index is -0.164. The summed E-state index contributed by atoms with van der Waals surface area (Å²) in [4.78, 5) is 11.6. The van der Waals surface area contributed by atoms with Crippen LogP contribution in [0, 0.1) is 17.2 Å². The molecule has 1 saturated carbocycles. The minimum Gasteiger partial charge on any atom is -0.352 e. The van der Waals surface area contributed by atoms with Crippen molar-refractivity contribution in [1.29, 1.82) is 5.26 Å². The van der Waals surface area contributed by atoms with Crippen LogP contribution in [0.5, 0.6) is 0 Å². The van der Waals surface area contributed by atoms with Crippen molar-refractivity contribution < 1.29 is 4.79 Å². The van der Waals surface area contributed by atoms with Gasteiger partial charge in [0.05, 0.1) is 6.07 Å². The van der Waals surface area contributed by atoms with Crippen LogP contribution in [0.3, 0.4) is 0 Å². The number of carbonyl (C=O) groups is 1. The van der Waals surface area contributed by atoms with E-state index in [2.05, 4.69) is 33.4 Å². The molecule has 0 aromatic heterocycles. The van der Waals surface area contributed by atoms with Gasteiger partial charge in [-0.3, -0.25) is 4.79 Å². The van der Waals surface area contributed by atoms with Gasteiger partial charge in [-0.1, -0.05) is 40.9 Å². The Kier molecular flexibility index (Phi) is 4.98. The first-order chi connectivity index (χ1) is 9.17. The van der Waals surface area contributed by atoms with Crippen molar-refractivity contribution in [1.82, 2.24) is 5.32 Å². The number of amides is 1. The Hall–Kier alpha value is -1.34. The second-order valence-corrected chi connectivity index (χ2v) is 6.03. The van der Waals surface area contributed by atoms with Gasteiger partial charge in [0.2, 0.25) is 5.91 Å². The topological polar surface area (TPSA) is 52.9 Å². The van der Waals surface area contributed by atoms with E-state index in [-0.39, 0.29) is 18.4 Å². The van der Waals surface area contributed by atoms with Crippen molar-refractivity contribution in [3.05, 3.63) is 34.3 Å². The number of benzene rings is 1. The summed E-state index contributed by atoms with van der Waals surface area (Å²) in [7, 11) is 0. The average molecular weight is 321 g/mol. The van der Waals surface area contributed by atoms with Crippen LogP contribution in [-0.2, 0) is 11.2 Å². The maximum absolute atomic E-state index is 11.6. The fourth-order valence-corrected chi connectivity index (χ4v) is 2.69. The van der Waals surface area contributed by atoms with Crippen LogP contribution < -0.4 is 5.32 Å². The molecule has 0 aliphatic heterocycles. The third kappa shape index (κ3) is 5.04. The largest absolute Gasteiger partial charge is 0.352 e. The number of carbonyl (C=O) groups excluding carboxylic acids is 1. The molecule has 1 atom stereocenters. The summed E-state index contributed by atoms with van der Waals surface area (Å²) in [6.07, 6.45) is 4.32. The molecule has 0 bridgehead atoms. The van der Waals surface area contributed by atoms with E-state index >= 15 is 0 Å². The van der Waals surface area contributed by atoms with E-state index in [0.717, 1.165) is 23.2 Å². The Balaban J connectivity index is 1.96. The lowest BCUT2D eigenvalue weighted by Gasteiger charge is -2.18. The van der Waals surface area contributed by atoms with Gasteiger partial charge in [0.25, 0.3) is 0 Å². The zero-order valence-corrected chi connectivity index (χ0v) is 12.3. The highest BCUT2D eigenvalue weighted by Gasteiger charge is 2.26. The molecule has 19 heavy (non-hydrogen) atoms. The average Bonchev–Trinajstić information content (AvgIpc) is 3.13. The zero-order valence-electron chi connectivity index (χ0n) is 10.7. The predicted octanol–water partition coefficient (Wildman–Crippen LogP) is 3.19. The summed E-state index contributed by atoms with van der Waals surface area (Å²) < 4.78 is 1.05. The molecule has 1 aromatic rings. The predicted molar refractivity (Wildman–Crippen MR) is 77.3 cm³/mol. The van der Waals surface area contributed by atoms with Crippen molar-refractivity contribution in [3.63, 3.8) is 0 Å². The van der Waals surface area contributed by atoms with Gasteiger partial charge >= 0.3 is 0 Å². The van der Waals surface area contributed by atoms with Crippen LogP contribution in [0.1, 0.15) is 31.2 Å². The molecular weight excluding hydrogens is 304 g/mol. The summed E-state index contributed by atoms with van der Waals surface area (Å²) in [5.74, 6) is 0.586. The maximum Gasteiger partial charge on any atom is 0.234 e. The Bertz CT molecular complexity index is 491. The second kappa shape index (κ2) is 6.72. The molecule has 0 unspecified atom stereocenters. The summed E-state index contributed by atoms with van der Waals surface area (Å²) in [6, 6.07) is 10.2. The van der Waals surface area contributed by atoms with Crippen LogP contribution in [0.2, 0.25) is 0 Å². The normalized spacial score (nSPS) is 15.6. The Morgan fingerprint density at radius 2 is 2.32 bits per heavy atom. The summed E-state index contributed by atoms with van der Waals surface area (Å²) in [5.41, 5.74) is 1.21. The van der Waals surface area contributed by atoms with Gasteiger partial charge in [0, 0.05) is 10.5 Å². The molecule has 3 nitrogen and oxygen atoms in total. The number of halogens is 1. The lowest BCUT2D eigenvalue weighted by atomic mass is 10.0. The van der Waals surface area contributed by atoms with Gasteiger partial charge in [0.1, 0.15) is 6.42 Å². The molecule has 100 valence electrons. The third-order valence-electron chi connectivity index (χ3n) is 3.29. The van der Waals surface area contributed by atoms with E-state index in [0.29, 0.717) is 0 Å². The van der Waals surface area contributed by atoms with Crippen LogP contribution in [0.4, 0.5) is 0 Å². The maximum atomic E-state index is 11.6. The number of hydrogen-bond acceptors (Lipinski definition) is 2. The van der Waals surface area contributed by atoms with Crippen molar-refractivity contribution in [3.8, 4) is 6.07 Å². The standard InChI is InChI=1S/C15H17BrN2O/c16-13-3-1-2-12(8-13)10-14(9-11-4-5-11)18-15(19)6-7-17/h1-3,8,11,14H,4-6,9-10H2,(H,18,19)/t14-/m1/s1. The van der Waals surface area contributed by atoms with Gasteiger partial charge in [-0.2, -0.15) is 5.26 Å². The monoisotopic (exact) mass is 320 g/mol. The van der Waals surface area contributed by atoms with Gasteiger partial charge in [-0.25, -0.2) is 0 Å². The van der Waals surface area contributed by atoms with E-state index in [1.165, 1.54) is 18.4 Å². The van der Waals surface area contributed by atoms with E-state index in [1.54, 1.807) is 0 Å².